The molecule has 6 nitrogen and oxygen atoms in total. The van der Waals surface area contributed by atoms with Gasteiger partial charge in [0.2, 0.25) is 5.91 Å². The summed E-state index contributed by atoms with van der Waals surface area (Å²) in [5.41, 5.74) is 1.08. The molecular formula is C13H17N3O3. The summed E-state index contributed by atoms with van der Waals surface area (Å²) >= 11 is 0. The molecule has 0 saturated heterocycles. The smallest absolute Gasteiger partial charge is 0.408 e. The standard InChI is InChI=1S/C13H17N3O3/c1-13(2,14-3)11(17)16(4)8-5-6-10-9(7-8)15-12(18)19-10/h5-7,14H,1-4H3,(H,15,18). The zero-order valence-electron chi connectivity index (χ0n) is 11.4. The molecule has 0 aliphatic rings. The maximum atomic E-state index is 12.3. The van der Waals surface area contributed by atoms with E-state index in [0.717, 1.165) is 0 Å². The van der Waals surface area contributed by atoms with Gasteiger partial charge in [-0.15, -0.1) is 0 Å². The fourth-order valence-electron chi connectivity index (χ4n) is 1.79. The second kappa shape index (κ2) is 4.55. The number of oxazole rings is 1. The van der Waals surface area contributed by atoms with Crippen molar-refractivity contribution < 1.29 is 9.21 Å². The van der Waals surface area contributed by atoms with Gasteiger partial charge >= 0.3 is 5.76 Å². The van der Waals surface area contributed by atoms with E-state index < -0.39 is 11.3 Å². The number of carbonyl (C=O) groups excluding carboxylic acids is 1. The zero-order chi connectivity index (χ0) is 14.2. The van der Waals surface area contributed by atoms with Crippen molar-refractivity contribution in [3.8, 4) is 0 Å². The number of nitrogens with one attached hydrogen (secondary N) is 2. The summed E-state index contributed by atoms with van der Waals surface area (Å²) in [7, 11) is 3.43. The Balaban J connectivity index is 2.38. The van der Waals surface area contributed by atoms with Gasteiger partial charge in [0, 0.05) is 12.7 Å². The van der Waals surface area contributed by atoms with E-state index in [9.17, 15) is 9.59 Å². The number of nitrogens with zero attached hydrogens (tertiary/aromatic N) is 1. The number of aromatic nitrogens is 1. The van der Waals surface area contributed by atoms with Crippen molar-refractivity contribution in [2.75, 3.05) is 19.0 Å². The number of benzene rings is 1. The molecule has 0 aliphatic heterocycles. The van der Waals surface area contributed by atoms with Gasteiger partial charge in [-0.3, -0.25) is 9.78 Å². The Labute approximate surface area is 110 Å². The van der Waals surface area contributed by atoms with E-state index >= 15 is 0 Å². The lowest BCUT2D eigenvalue weighted by atomic mass is 10.0. The predicted molar refractivity (Wildman–Crippen MR) is 73.4 cm³/mol. The third kappa shape index (κ3) is 2.39. The summed E-state index contributed by atoms with van der Waals surface area (Å²) in [4.78, 5) is 27.5. The first-order valence-corrected chi connectivity index (χ1v) is 5.95. The van der Waals surface area contributed by atoms with Crippen LogP contribution < -0.4 is 16.0 Å². The minimum absolute atomic E-state index is 0.0693. The van der Waals surface area contributed by atoms with Gasteiger partial charge in [-0.25, -0.2) is 4.79 Å². The van der Waals surface area contributed by atoms with Crippen molar-refractivity contribution in [1.29, 1.82) is 0 Å². The van der Waals surface area contributed by atoms with Crippen LogP contribution in [0, 0.1) is 0 Å². The fraction of sp³-hybridized carbons (Fsp3) is 0.385. The van der Waals surface area contributed by atoms with E-state index in [-0.39, 0.29) is 5.91 Å². The van der Waals surface area contributed by atoms with Crippen molar-refractivity contribution >= 4 is 22.7 Å². The number of fused-ring (bicyclic) bond motifs is 1. The first-order chi connectivity index (χ1) is 8.85. The van der Waals surface area contributed by atoms with Gasteiger partial charge in [-0.1, -0.05) is 0 Å². The Morgan fingerprint density at radius 3 is 2.74 bits per heavy atom. The molecule has 1 aromatic heterocycles. The lowest BCUT2D eigenvalue weighted by Crippen LogP contribution is -2.51. The van der Waals surface area contributed by atoms with Gasteiger partial charge in [0.1, 0.15) is 0 Å². The summed E-state index contributed by atoms with van der Waals surface area (Å²) in [6.45, 7) is 3.62. The Morgan fingerprint density at radius 2 is 2.11 bits per heavy atom. The molecule has 0 saturated carbocycles. The van der Waals surface area contributed by atoms with Gasteiger partial charge in [0.25, 0.3) is 0 Å². The summed E-state index contributed by atoms with van der Waals surface area (Å²) in [6.07, 6.45) is 0. The van der Waals surface area contributed by atoms with Crippen LogP contribution in [0.3, 0.4) is 0 Å². The highest BCUT2D eigenvalue weighted by Gasteiger charge is 2.29. The lowest BCUT2D eigenvalue weighted by Gasteiger charge is -2.29. The first kappa shape index (κ1) is 13.4. The van der Waals surface area contributed by atoms with Crippen molar-refractivity contribution in [2.24, 2.45) is 0 Å². The second-order valence-electron chi connectivity index (χ2n) is 4.93. The lowest BCUT2D eigenvalue weighted by molar-refractivity contribution is -0.123. The molecule has 0 aliphatic carbocycles. The van der Waals surface area contributed by atoms with Gasteiger partial charge < -0.3 is 14.6 Å². The molecule has 1 aromatic carbocycles. The number of aromatic amines is 1. The molecule has 6 heteroatoms. The minimum Gasteiger partial charge on any atom is -0.408 e. The zero-order valence-corrected chi connectivity index (χ0v) is 11.4. The molecule has 0 unspecified atom stereocenters. The van der Waals surface area contributed by atoms with E-state index in [4.69, 9.17) is 4.42 Å². The van der Waals surface area contributed by atoms with Crippen LogP contribution >= 0.6 is 0 Å². The van der Waals surface area contributed by atoms with Crippen molar-refractivity contribution in [3.05, 3.63) is 28.7 Å². The van der Waals surface area contributed by atoms with Crippen LogP contribution in [0.2, 0.25) is 0 Å². The molecule has 2 rings (SSSR count). The van der Waals surface area contributed by atoms with E-state index in [0.29, 0.717) is 16.8 Å². The van der Waals surface area contributed by atoms with Gasteiger partial charge in [-0.05, 0) is 39.1 Å². The monoisotopic (exact) mass is 263 g/mol. The summed E-state index contributed by atoms with van der Waals surface area (Å²) in [5, 5.41) is 2.97. The number of H-pyrrole nitrogens is 1. The molecule has 0 fully saturated rings. The quantitative estimate of drug-likeness (QED) is 0.868. The highest BCUT2D eigenvalue weighted by molar-refractivity contribution is 6.00. The van der Waals surface area contributed by atoms with Crippen molar-refractivity contribution in [3.63, 3.8) is 0 Å². The van der Waals surface area contributed by atoms with Gasteiger partial charge in [-0.2, -0.15) is 0 Å². The normalized spacial score (nSPS) is 11.8. The fourth-order valence-corrected chi connectivity index (χ4v) is 1.79. The maximum absolute atomic E-state index is 12.3. The molecule has 1 heterocycles. The van der Waals surface area contributed by atoms with Crippen molar-refractivity contribution in [1.82, 2.24) is 10.3 Å². The largest absolute Gasteiger partial charge is 0.417 e. The molecule has 1 amide bonds. The van der Waals surface area contributed by atoms with Crippen LogP contribution in [0.5, 0.6) is 0 Å². The van der Waals surface area contributed by atoms with Crippen LogP contribution in [-0.4, -0.2) is 30.5 Å². The SMILES string of the molecule is CNC(C)(C)C(=O)N(C)c1ccc2oc(=O)[nH]c2c1. The van der Waals surface area contributed by atoms with Crippen LogP contribution in [0.25, 0.3) is 11.1 Å². The first-order valence-electron chi connectivity index (χ1n) is 5.95. The minimum atomic E-state index is -0.659. The van der Waals surface area contributed by atoms with E-state index in [2.05, 4.69) is 10.3 Å². The van der Waals surface area contributed by atoms with Crippen LogP contribution in [0.4, 0.5) is 5.69 Å². The number of likely N-dealkylation sites (N-methyl/N-ethyl adjacent to an activating group) is 2. The average Bonchev–Trinajstić information content (AvgIpc) is 2.75. The molecule has 2 N–H and O–H groups in total. The number of carbonyl (C=O) groups is 1. The molecule has 0 spiro atoms. The Morgan fingerprint density at radius 1 is 1.42 bits per heavy atom. The highest BCUT2D eigenvalue weighted by atomic mass is 16.4. The number of rotatable bonds is 3. The van der Waals surface area contributed by atoms with Crippen LogP contribution in [0.15, 0.2) is 27.4 Å². The predicted octanol–water partition coefficient (Wildman–Crippen LogP) is 1.08. The molecular weight excluding hydrogens is 246 g/mol. The molecule has 2 aromatic rings. The number of hydrogen-bond acceptors (Lipinski definition) is 4. The Bertz CT molecular complexity index is 669. The summed E-state index contributed by atoms with van der Waals surface area (Å²) in [6, 6.07) is 5.12. The molecule has 102 valence electrons. The highest BCUT2D eigenvalue weighted by Crippen LogP contribution is 2.21. The van der Waals surface area contributed by atoms with E-state index in [1.165, 1.54) is 0 Å². The molecule has 0 bridgehead atoms. The Kier molecular flexibility index (Phi) is 3.20. The average molecular weight is 263 g/mol. The maximum Gasteiger partial charge on any atom is 0.417 e. The second-order valence-corrected chi connectivity index (χ2v) is 4.93. The van der Waals surface area contributed by atoms with Gasteiger partial charge in [0.15, 0.2) is 5.58 Å². The van der Waals surface area contributed by atoms with Crippen molar-refractivity contribution in [2.45, 2.75) is 19.4 Å². The summed E-state index contributed by atoms with van der Waals surface area (Å²) < 4.78 is 4.92. The van der Waals surface area contributed by atoms with E-state index in [1.807, 2.05) is 13.8 Å². The number of amides is 1. The third-order valence-electron chi connectivity index (χ3n) is 3.25. The number of hydrogen-bond donors (Lipinski definition) is 2. The topological polar surface area (TPSA) is 78.3 Å². The Hall–Kier alpha value is -2.08. The summed E-state index contributed by atoms with van der Waals surface area (Å²) in [5.74, 6) is -0.572. The van der Waals surface area contributed by atoms with Crippen LogP contribution in [0.1, 0.15) is 13.8 Å². The molecule has 0 atom stereocenters. The number of anilines is 1. The molecule has 19 heavy (non-hydrogen) atoms. The van der Waals surface area contributed by atoms with E-state index in [1.54, 1.807) is 37.2 Å². The molecule has 0 radical (unpaired) electrons. The van der Waals surface area contributed by atoms with Crippen LogP contribution in [-0.2, 0) is 4.79 Å². The van der Waals surface area contributed by atoms with Gasteiger partial charge in [0.05, 0.1) is 11.1 Å². The third-order valence-corrected chi connectivity index (χ3v) is 3.25.